The van der Waals surface area contributed by atoms with E-state index in [4.69, 9.17) is 9.15 Å². The zero-order valence-electron chi connectivity index (χ0n) is 10.2. The molecule has 2 heterocycles. The molecule has 0 spiro atoms. The highest BCUT2D eigenvalue weighted by Gasteiger charge is 2.19. The van der Waals surface area contributed by atoms with Crippen LogP contribution in [0.25, 0.3) is 11.0 Å². The Hall–Kier alpha value is -1.48. The van der Waals surface area contributed by atoms with Crippen LogP contribution >= 0.6 is 0 Å². The van der Waals surface area contributed by atoms with E-state index in [-0.39, 0.29) is 0 Å². The Bertz CT molecular complexity index is 538. The second-order valence-electron chi connectivity index (χ2n) is 4.65. The van der Waals surface area contributed by atoms with Gasteiger partial charge in [-0.15, -0.1) is 0 Å². The molecule has 1 aromatic carbocycles. The predicted molar refractivity (Wildman–Crippen MR) is 67.5 cm³/mol. The molecular weight excluding hydrogens is 214 g/mol. The molecule has 1 aliphatic rings. The van der Waals surface area contributed by atoms with Crippen LogP contribution in [0.15, 0.2) is 22.6 Å². The SMILES string of the molecule is COc1cc(C2CCCN2)cc2cc(C)oc12. The van der Waals surface area contributed by atoms with Crippen molar-refractivity contribution in [2.45, 2.75) is 25.8 Å². The summed E-state index contributed by atoms with van der Waals surface area (Å²) in [4.78, 5) is 0. The standard InChI is InChI=1S/C14H17NO2/c1-9-6-11-7-10(12-4-3-5-15-12)8-13(16-2)14(11)17-9/h6-8,12,15H,3-5H2,1-2H3. The first kappa shape index (κ1) is 10.7. The molecule has 0 saturated carbocycles. The van der Waals surface area contributed by atoms with Gasteiger partial charge in [0.2, 0.25) is 0 Å². The van der Waals surface area contributed by atoms with Crippen molar-refractivity contribution in [2.75, 3.05) is 13.7 Å². The molecule has 1 N–H and O–H groups in total. The molecule has 90 valence electrons. The molecule has 0 bridgehead atoms. The van der Waals surface area contributed by atoms with Gasteiger partial charge in [-0.05, 0) is 50.1 Å². The minimum atomic E-state index is 0.462. The molecule has 1 saturated heterocycles. The van der Waals surface area contributed by atoms with E-state index in [9.17, 15) is 0 Å². The number of benzene rings is 1. The van der Waals surface area contributed by atoms with Gasteiger partial charge in [-0.3, -0.25) is 0 Å². The molecule has 0 amide bonds. The van der Waals surface area contributed by atoms with E-state index < -0.39 is 0 Å². The molecule has 1 fully saturated rings. The molecule has 17 heavy (non-hydrogen) atoms. The fourth-order valence-electron chi connectivity index (χ4n) is 2.59. The van der Waals surface area contributed by atoms with E-state index >= 15 is 0 Å². The molecule has 2 aromatic rings. The average Bonchev–Trinajstić information content (AvgIpc) is 2.94. The number of aryl methyl sites for hydroxylation is 1. The number of furan rings is 1. The fraction of sp³-hybridized carbons (Fsp3) is 0.429. The first-order valence-electron chi connectivity index (χ1n) is 6.09. The third-order valence-corrected chi connectivity index (χ3v) is 3.41. The number of ether oxygens (including phenoxy) is 1. The Morgan fingerprint density at radius 2 is 2.24 bits per heavy atom. The summed E-state index contributed by atoms with van der Waals surface area (Å²) in [6.45, 7) is 3.07. The van der Waals surface area contributed by atoms with Gasteiger partial charge in [0, 0.05) is 11.4 Å². The van der Waals surface area contributed by atoms with Gasteiger partial charge in [0.15, 0.2) is 11.3 Å². The fourth-order valence-corrected chi connectivity index (χ4v) is 2.59. The summed E-state index contributed by atoms with van der Waals surface area (Å²) in [7, 11) is 1.69. The molecule has 1 atom stereocenters. The number of rotatable bonds is 2. The zero-order valence-corrected chi connectivity index (χ0v) is 10.2. The molecule has 0 radical (unpaired) electrons. The van der Waals surface area contributed by atoms with Crippen molar-refractivity contribution in [3.05, 3.63) is 29.5 Å². The summed E-state index contributed by atoms with van der Waals surface area (Å²) in [6, 6.07) is 6.82. The summed E-state index contributed by atoms with van der Waals surface area (Å²) < 4.78 is 11.1. The summed E-state index contributed by atoms with van der Waals surface area (Å²) in [5.41, 5.74) is 2.15. The highest BCUT2D eigenvalue weighted by molar-refractivity contribution is 5.84. The molecular formula is C14H17NO2. The molecule has 3 heteroatoms. The summed E-state index contributed by atoms with van der Waals surface area (Å²) >= 11 is 0. The van der Waals surface area contributed by atoms with Gasteiger partial charge in [-0.2, -0.15) is 0 Å². The number of nitrogens with one attached hydrogen (secondary N) is 1. The third-order valence-electron chi connectivity index (χ3n) is 3.41. The van der Waals surface area contributed by atoms with Crippen LogP contribution in [-0.4, -0.2) is 13.7 Å². The summed E-state index contributed by atoms with van der Waals surface area (Å²) in [6.07, 6.45) is 2.45. The lowest BCUT2D eigenvalue weighted by Crippen LogP contribution is -2.12. The number of hydrogen-bond acceptors (Lipinski definition) is 3. The van der Waals surface area contributed by atoms with Crippen LogP contribution in [0.4, 0.5) is 0 Å². The second kappa shape index (κ2) is 4.08. The molecule has 1 aliphatic heterocycles. The van der Waals surface area contributed by atoms with Crippen LogP contribution in [0.2, 0.25) is 0 Å². The minimum absolute atomic E-state index is 0.462. The Morgan fingerprint density at radius 1 is 1.35 bits per heavy atom. The topological polar surface area (TPSA) is 34.4 Å². The quantitative estimate of drug-likeness (QED) is 0.862. The van der Waals surface area contributed by atoms with Crippen molar-refractivity contribution in [1.29, 1.82) is 0 Å². The molecule has 0 aliphatic carbocycles. The Balaban J connectivity index is 2.13. The maximum atomic E-state index is 5.66. The number of methoxy groups -OCH3 is 1. The maximum absolute atomic E-state index is 5.66. The predicted octanol–water partition coefficient (Wildman–Crippen LogP) is 3.17. The largest absolute Gasteiger partial charge is 0.493 e. The second-order valence-corrected chi connectivity index (χ2v) is 4.65. The van der Waals surface area contributed by atoms with Crippen molar-refractivity contribution in [1.82, 2.24) is 5.32 Å². The van der Waals surface area contributed by atoms with Crippen molar-refractivity contribution in [3.63, 3.8) is 0 Å². The Labute approximate surface area is 101 Å². The number of fused-ring (bicyclic) bond motifs is 1. The first-order chi connectivity index (χ1) is 8.28. The van der Waals surface area contributed by atoms with Gasteiger partial charge < -0.3 is 14.5 Å². The van der Waals surface area contributed by atoms with Crippen LogP contribution in [0, 0.1) is 6.92 Å². The van der Waals surface area contributed by atoms with Gasteiger partial charge in [0.1, 0.15) is 5.76 Å². The van der Waals surface area contributed by atoms with Gasteiger partial charge in [-0.1, -0.05) is 0 Å². The van der Waals surface area contributed by atoms with E-state index in [2.05, 4.69) is 23.5 Å². The van der Waals surface area contributed by atoms with Crippen molar-refractivity contribution in [3.8, 4) is 5.75 Å². The van der Waals surface area contributed by atoms with Crippen LogP contribution in [0.1, 0.15) is 30.2 Å². The molecule has 1 unspecified atom stereocenters. The molecule has 1 aromatic heterocycles. The van der Waals surface area contributed by atoms with Crippen LogP contribution < -0.4 is 10.1 Å². The van der Waals surface area contributed by atoms with E-state index in [1.807, 2.05) is 6.92 Å². The first-order valence-corrected chi connectivity index (χ1v) is 6.09. The van der Waals surface area contributed by atoms with Crippen molar-refractivity contribution < 1.29 is 9.15 Å². The zero-order chi connectivity index (χ0) is 11.8. The van der Waals surface area contributed by atoms with Crippen LogP contribution in [-0.2, 0) is 0 Å². The monoisotopic (exact) mass is 231 g/mol. The lowest BCUT2D eigenvalue weighted by Gasteiger charge is -2.12. The highest BCUT2D eigenvalue weighted by atomic mass is 16.5. The van der Waals surface area contributed by atoms with Crippen molar-refractivity contribution in [2.24, 2.45) is 0 Å². The lowest BCUT2D eigenvalue weighted by atomic mass is 10.0. The van der Waals surface area contributed by atoms with E-state index in [1.54, 1.807) is 7.11 Å². The van der Waals surface area contributed by atoms with Crippen LogP contribution in [0.3, 0.4) is 0 Å². The van der Waals surface area contributed by atoms with Gasteiger partial charge in [-0.25, -0.2) is 0 Å². The van der Waals surface area contributed by atoms with E-state index in [1.165, 1.54) is 18.4 Å². The Morgan fingerprint density at radius 3 is 2.94 bits per heavy atom. The normalized spacial score (nSPS) is 20.0. The third kappa shape index (κ3) is 1.80. The maximum Gasteiger partial charge on any atom is 0.176 e. The summed E-state index contributed by atoms with van der Waals surface area (Å²) in [5, 5.41) is 4.64. The van der Waals surface area contributed by atoms with E-state index in [0.717, 1.165) is 29.0 Å². The van der Waals surface area contributed by atoms with Gasteiger partial charge in [0.05, 0.1) is 7.11 Å². The van der Waals surface area contributed by atoms with Crippen molar-refractivity contribution >= 4 is 11.0 Å². The molecule has 3 nitrogen and oxygen atoms in total. The average molecular weight is 231 g/mol. The van der Waals surface area contributed by atoms with E-state index in [0.29, 0.717) is 6.04 Å². The lowest BCUT2D eigenvalue weighted by molar-refractivity contribution is 0.407. The Kier molecular flexibility index (Phi) is 2.56. The van der Waals surface area contributed by atoms with Gasteiger partial charge >= 0.3 is 0 Å². The van der Waals surface area contributed by atoms with Gasteiger partial charge in [0.25, 0.3) is 0 Å². The summed E-state index contributed by atoms with van der Waals surface area (Å²) in [5.74, 6) is 1.76. The number of hydrogen-bond donors (Lipinski definition) is 1. The van der Waals surface area contributed by atoms with Crippen LogP contribution in [0.5, 0.6) is 5.75 Å². The minimum Gasteiger partial charge on any atom is -0.493 e. The molecule has 3 rings (SSSR count). The highest BCUT2D eigenvalue weighted by Crippen LogP contribution is 2.34. The smallest absolute Gasteiger partial charge is 0.176 e.